The first-order valence-electron chi connectivity index (χ1n) is 7.14. The van der Waals surface area contributed by atoms with Crippen molar-refractivity contribution in [2.75, 3.05) is 11.9 Å². The van der Waals surface area contributed by atoms with Gasteiger partial charge in [-0.05, 0) is 23.8 Å². The van der Waals surface area contributed by atoms with Crippen molar-refractivity contribution in [3.8, 4) is 0 Å². The maximum atomic E-state index is 5.92. The van der Waals surface area contributed by atoms with Crippen LogP contribution in [0.5, 0.6) is 0 Å². The molecule has 0 aromatic heterocycles. The summed E-state index contributed by atoms with van der Waals surface area (Å²) in [5.41, 5.74) is 0. The lowest BCUT2D eigenvalue weighted by molar-refractivity contribution is 0.291. The minimum atomic E-state index is -0.362. The van der Waals surface area contributed by atoms with Crippen molar-refractivity contribution in [2.24, 2.45) is 5.92 Å². The van der Waals surface area contributed by atoms with Crippen LogP contribution >= 0.6 is 15.9 Å². The quantitative estimate of drug-likeness (QED) is 0.305. The lowest BCUT2D eigenvalue weighted by Crippen LogP contribution is -2.22. The fraction of sp³-hybridized carbons (Fsp3) is 1.00. The molecule has 0 aliphatic heterocycles. The molecule has 17 heavy (non-hydrogen) atoms. The fourth-order valence-electron chi connectivity index (χ4n) is 1.51. The Morgan fingerprint density at radius 2 is 1.53 bits per heavy atom. The summed E-state index contributed by atoms with van der Waals surface area (Å²) in [5, 5.41) is 1.61. The second-order valence-corrected chi connectivity index (χ2v) is 9.32. The molecule has 0 aliphatic rings. The molecule has 0 aliphatic carbocycles. The molecule has 0 saturated carbocycles. The van der Waals surface area contributed by atoms with E-state index in [1.165, 1.54) is 38.5 Å². The lowest BCUT2D eigenvalue weighted by Gasteiger charge is -2.28. The van der Waals surface area contributed by atoms with Gasteiger partial charge in [0.05, 0.1) is 0 Å². The van der Waals surface area contributed by atoms with Gasteiger partial charge in [-0.15, -0.1) is 0 Å². The molecular formula is C14H31BrOSi. The average molecular weight is 323 g/mol. The molecule has 104 valence electrons. The number of alkyl halides is 1. The molecule has 0 spiro atoms. The number of rotatable bonds is 11. The molecule has 1 nitrogen and oxygen atoms in total. The predicted octanol–water partition coefficient (Wildman–Crippen LogP) is 4.68. The highest BCUT2D eigenvalue weighted by atomic mass is 79.9. The van der Waals surface area contributed by atoms with Gasteiger partial charge < -0.3 is 4.43 Å². The van der Waals surface area contributed by atoms with Crippen molar-refractivity contribution in [1.29, 1.82) is 0 Å². The van der Waals surface area contributed by atoms with E-state index in [-0.39, 0.29) is 9.76 Å². The normalized spacial score (nSPS) is 13.1. The van der Waals surface area contributed by atoms with Crippen molar-refractivity contribution in [1.82, 2.24) is 0 Å². The van der Waals surface area contributed by atoms with Crippen LogP contribution in [-0.4, -0.2) is 21.7 Å². The molecule has 0 aromatic rings. The summed E-state index contributed by atoms with van der Waals surface area (Å²) in [6.45, 7) is 10.3. The second kappa shape index (κ2) is 10.6. The third-order valence-corrected chi connectivity index (χ3v) is 6.32. The highest BCUT2D eigenvalue weighted by Crippen LogP contribution is 2.32. The summed E-state index contributed by atoms with van der Waals surface area (Å²) in [4.78, 5) is 0. The molecule has 0 heterocycles. The standard InChI is InChI=1S/C14H31BrOSi/c1-13(2)14(3,4)17-16-12-10-8-6-5-7-9-11-15/h13H,5-12,17H2,1-4H3. The van der Waals surface area contributed by atoms with E-state index in [1.54, 1.807) is 0 Å². The van der Waals surface area contributed by atoms with Crippen LogP contribution in [0.1, 0.15) is 66.2 Å². The smallest absolute Gasteiger partial charge is 0.167 e. The molecule has 0 fully saturated rings. The van der Waals surface area contributed by atoms with E-state index in [2.05, 4.69) is 43.6 Å². The number of unbranched alkanes of at least 4 members (excludes halogenated alkanes) is 5. The zero-order valence-corrected chi connectivity index (χ0v) is 15.2. The topological polar surface area (TPSA) is 9.23 Å². The SMILES string of the molecule is CC(C)C(C)(C)[SiH2]OCCCCCCCCBr. The van der Waals surface area contributed by atoms with Crippen LogP contribution in [0.25, 0.3) is 0 Å². The Labute approximate surface area is 119 Å². The Kier molecular flexibility index (Phi) is 11.0. The Balaban J connectivity index is 3.24. The van der Waals surface area contributed by atoms with Crippen molar-refractivity contribution >= 4 is 25.7 Å². The molecule has 0 amide bonds. The van der Waals surface area contributed by atoms with Gasteiger partial charge in [0.15, 0.2) is 9.76 Å². The van der Waals surface area contributed by atoms with E-state index < -0.39 is 0 Å². The molecule has 0 radical (unpaired) electrons. The zero-order valence-electron chi connectivity index (χ0n) is 12.2. The summed E-state index contributed by atoms with van der Waals surface area (Å²) < 4.78 is 5.92. The van der Waals surface area contributed by atoms with Crippen LogP contribution in [0.15, 0.2) is 0 Å². The predicted molar refractivity (Wildman–Crippen MR) is 84.9 cm³/mol. The van der Waals surface area contributed by atoms with Gasteiger partial charge in [-0.2, -0.15) is 0 Å². The Morgan fingerprint density at radius 3 is 2.06 bits per heavy atom. The van der Waals surface area contributed by atoms with Crippen LogP contribution in [-0.2, 0) is 4.43 Å². The van der Waals surface area contributed by atoms with Gasteiger partial charge in [0.25, 0.3) is 0 Å². The number of hydrogen-bond donors (Lipinski definition) is 0. The molecule has 0 aromatic carbocycles. The Morgan fingerprint density at radius 1 is 1.00 bits per heavy atom. The van der Waals surface area contributed by atoms with E-state index in [0.717, 1.165) is 17.9 Å². The van der Waals surface area contributed by atoms with E-state index in [1.807, 2.05) is 0 Å². The summed E-state index contributed by atoms with van der Waals surface area (Å²) >= 11 is 3.47. The molecule has 0 atom stereocenters. The van der Waals surface area contributed by atoms with Crippen LogP contribution in [0.4, 0.5) is 0 Å². The van der Waals surface area contributed by atoms with E-state index in [4.69, 9.17) is 4.43 Å². The second-order valence-electron chi connectivity index (χ2n) is 6.01. The number of halogens is 1. The van der Waals surface area contributed by atoms with Gasteiger partial charge in [0, 0.05) is 11.9 Å². The van der Waals surface area contributed by atoms with Crippen LogP contribution < -0.4 is 0 Å². The molecule has 3 heteroatoms. The number of hydrogen-bond acceptors (Lipinski definition) is 1. The van der Waals surface area contributed by atoms with Crippen molar-refractivity contribution in [3.63, 3.8) is 0 Å². The first-order valence-corrected chi connectivity index (χ1v) is 9.55. The van der Waals surface area contributed by atoms with Crippen LogP contribution in [0.3, 0.4) is 0 Å². The summed E-state index contributed by atoms with van der Waals surface area (Å²) in [6, 6.07) is 0. The maximum absolute atomic E-state index is 5.92. The fourth-order valence-corrected chi connectivity index (χ4v) is 3.11. The minimum absolute atomic E-state index is 0.362. The largest absolute Gasteiger partial charge is 0.423 e. The van der Waals surface area contributed by atoms with E-state index in [9.17, 15) is 0 Å². The first kappa shape index (κ1) is 17.7. The molecule has 0 unspecified atom stereocenters. The molecule has 0 saturated heterocycles. The van der Waals surface area contributed by atoms with Crippen molar-refractivity contribution < 1.29 is 4.43 Å². The van der Waals surface area contributed by atoms with E-state index in [0.29, 0.717) is 5.04 Å². The van der Waals surface area contributed by atoms with E-state index >= 15 is 0 Å². The van der Waals surface area contributed by atoms with Gasteiger partial charge >= 0.3 is 0 Å². The highest BCUT2D eigenvalue weighted by molar-refractivity contribution is 9.09. The third-order valence-electron chi connectivity index (χ3n) is 3.71. The van der Waals surface area contributed by atoms with Gasteiger partial charge in [0.2, 0.25) is 0 Å². The average Bonchev–Trinajstić information content (AvgIpc) is 2.26. The molecular weight excluding hydrogens is 292 g/mol. The molecule has 0 N–H and O–H groups in total. The van der Waals surface area contributed by atoms with Gasteiger partial charge in [-0.3, -0.25) is 0 Å². The van der Waals surface area contributed by atoms with Gasteiger partial charge in [-0.1, -0.05) is 69.3 Å². The maximum Gasteiger partial charge on any atom is 0.167 e. The monoisotopic (exact) mass is 322 g/mol. The summed E-state index contributed by atoms with van der Waals surface area (Å²) in [5.74, 6) is 0.749. The molecule has 0 rings (SSSR count). The zero-order chi connectivity index (χ0) is 13.1. The van der Waals surface area contributed by atoms with Crippen molar-refractivity contribution in [2.45, 2.75) is 71.3 Å². The third kappa shape index (κ3) is 10.3. The van der Waals surface area contributed by atoms with Crippen LogP contribution in [0, 0.1) is 5.92 Å². The summed E-state index contributed by atoms with van der Waals surface area (Å²) in [6.07, 6.45) is 8.08. The highest BCUT2D eigenvalue weighted by Gasteiger charge is 2.23. The van der Waals surface area contributed by atoms with Crippen LogP contribution in [0.2, 0.25) is 5.04 Å². The minimum Gasteiger partial charge on any atom is -0.423 e. The molecule has 0 bridgehead atoms. The Bertz CT molecular complexity index is 172. The van der Waals surface area contributed by atoms with Crippen molar-refractivity contribution in [3.05, 3.63) is 0 Å². The summed E-state index contributed by atoms with van der Waals surface area (Å²) in [7, 11) is -0.362. The van der Waals surface area contributed by atoms with Gasteiger partial charge in [0.1, 0.15) is 0 Å². The Hall–Kier alpha value is 0.657. The first-order chi connectivity index (χ1) is 8.00. The van der Waals surface area contributed by atoms with Gasteiger partial charge in [-0.25, -0.2) is 0 Å². The lowest BCUT2D eigenvalue weighted by atomic mass is 9.99.